The highest BCUT2D eigenvalue weighted by Gasteiger charge is 2.30. The molecule has 2 aromatic rings. The van der Waals surface area contributed by atoms with Gasteiger partial charge in [0.05, 0.1) is 11.3 Å². The summed E-state index contributed by atoms with van der Waals surface area (Å²) in [7, 11) is 0. The monoisotopic (exact) mass is 281 g/mol. The zero-order valence-electron chi connectivity index (χ0n) is 10.9. The largest absolute Gasteiger partial charge is 0.487 e. The van der Waals surface area contributed by atoms with Crippen molar-refractivity contribution in [1.29, 1.82) is 0 Å². The lowest BCUT2D eigenvalue weighted by Gasteiger charge is -2.12. The van der Waals surface area contributed by atoms with E-state index in [-0.39, 0.29) is 18.0 Å². The Labute approximate surface area is 115 Å². The van der Waals surface area contributed by atoms with Crippen LogP contribution in [0.4, 0.5) is 18.9 Å². The third kappa shape index (κ3) is 3.44. The number of hydrogen-bond acceptors (Lipinski definition) is 2. The van der Waals surface area contributed by atoms with Crippen molar-refractivity contribution in [2.24, 2.45) is 0 Å². The van der Waals surface area contributed by atoms with Gasteiger partial charge in [-0.05, 0) is 30.7 Å². The van der Waals surface area contributed by atoms with Gasteiger partial charge in [0.15, 0.2) is 0 Å². The van der Waals surface area contributed by atoms with Crippen LogP contribution < -0.4 is 10.5 Å². The molecule has 2 N–H and O–H groups in total. The molecule has 2 aromatic carbocycles. The fourth-order valence-electron chi connectivity index (χ4n) is 1.70. The summed E-state index contributed by atoms with van der Waals surface area (Å²) >= 11 is 0. The average Bonchev–Trinajstić information content (AvgIpc) is 2.38. The number of hydrogen-bond donors (Lipinski definition) is 1. The van der Waals surface area contributed by atoms with E-state index in [0.29, 0.717) is 0 Å². The summed E-state index contributed by atoms with van der Waals surface area (Å²) in [4.78, 5) is 0. The summed E-state index contributed by atoms with van der Waals surface area (Å²) in [5, 5.41) is 0. The molecule has 20 heavy (non-hydrogen) atoms. The van der Waals surface area contributed by atoms with Gasteiger partial charge in [-0.3, -0.25) is 0 Å². The van der Waals surface area contributed by atoms with Gasteiger partial charge < -0.3 is 10.5 Å². The highest BCUT2D eigenvalue weighted by Crippen LogP contribution is 2.33. The van der Waals surface area contributed by atoms with Crippen LogP contribution in [-0.2, 0) is 12.8 Å². The van der Waals surface area contributed by atoms with Gasteiger partial charge in [0.1, 0.15) is 12.4 Å². The Morgan fingerprint density at radius 1 is 1.05 bits per heavy atom. The molecule has 2 rings (SSSR count). The van der Waals surface area contributed by atoms with E-state index in [2.05, 4.69) is 0 Å². The third-order valence-electron chi connectivity index (χ3n) is 2.85. The maximum Gasteiger partial charge on any atom is 0.416 e. The van der Waals surface area contributed by atoms with E-state index in [4.69, 9.17) is 10.5 Å². The molecule has 0 heterocycles. The quantitative estimate of drug-likeness (QED) is 0.857. The molecular formula is C15H14F3NO. The van der Waals surface area contributed by atoms with Gasteiger partial charge in [-0.1, -0.05) is 29.8 Å². The summed E-state index contributed by atoms with van der Waals surface area (Å²) < 4.78 is 42.9. The molecule has 0 atom stereocenters. The van der Waals surface area contributed by atoms with E-state index < -0.39 is 11.7 Å². The topological polar surface area (TPSA) is 35.2 Å². The fraction of sp³-hybridized carbons (Fsp3) is 0.200. The van der Waals surface area contributed by atoms with Gasteiger partial charge in [0.25, 0.3) is 0 Å². The Bertz CT molecular complexity index is 591. The minimum Gasteiger partial charge on any atom is -0.487 e. The Morgan fingerprint density at radius 3 is 2.25 bits per heavy atom. The van der Waals surface area contributed by atoms with E-state index in [1.54, 1.807) is 0 Å². The molecule has 0 unspecified atom stereocenters. The van der Waals surface area contributed by atoms with E-state index in [9.17, 15) is 13.2 Å². The smallest absolute Gasteiger partial charge is 0.416 e. The van der Waals surface area contributed by atoms with Gasteiger partial charge in [-0.25, -0.2) is 0 Å². The van der Waals surface area contributed by atoms with Crippen molar-refractivity contribution in [3.05, 3.63) is 59.2 Å². The molecule has 2 nitrogen and oxygen atoms in total. The van der Waals surface area contributed by atoms with Crippen molar-refractivity contribution in [3.8, 4) is 5.75 Å². The lowest BCUT2D eigenvalue weighted by Crippen LogP contribution is -2.06. The van der Waals surface area contributed by atoms with Gasteiger partial charge in [-0.2, -0.15) is 13.2 Å². The first-order chi connectivity index (χ1) is 9.36. The molecule has 0 spiro atoms. The standard InChI is InChI=1S/C15H14F3NO/c1-10-2-4-11(5-3-10)9-20-14-7-6-12(8-13(14)19)15(16,17)18/h2-8H,9,19H2,1H3. The summed E-state index contributed by atoms with van der Waals surface area (Å²) in [5.74, 6) is 0.249. The highest BCUT2D eigenvalue weighted by atomic mass is 19.4. The zero-order valence-corrected chi connectivity index (χ0v) is 10.9. The van der Waals surface area contributed by atoms with Crippen molar-refractivity contribution < 1.29 is 17.9 Å². The molecule has 0 fully saturated rings. The van der Waals surface area contributed by atoms with Crippen molar-refractivity contribution in [1.82, 2.24) is 0 Å². The average molecular weight is 281 g/mol. The lowest BCUT2D eigenvalue weighted by molar-refractivity contribution is -0.137. The summed E-state index contributed by atoms with van der Waals surface area (Å²) in [6, 6.07) is 10.8. The lowest BCUT2D eigenvalue weighted by atomic mass is 10.1. The highest BCUT2D eigenvalue weighted by molar-refractivity contribution is 5.54. The molecule has 0 saturated carbocycles. The Balaban J connectivity index is 2.08. The number of alkyl halides is 3. The number of rotatable bonds is 3. The van der Waals surface area contributed by atoms with Gasteiger partial charge >= 0.3 is 6.18 Å². The Hall–Kier alpha value is -2.17. The first-order valence-electron chi connectivity index (χ1n) is 6.01. The van der Waals surface area contributed by atoms with Crippen LogP contribution in [0.15, 0.2) is 42.5 Å². The summed E-state index contributed by atoms with van der Waals surface area (Å²) in [5.41, 5.74) is 6.83. The van der Waals surface area contributed by atoms with Crippen LogP contribution in [0, 0.1) is 6.92 Å². The van der Waals surface area contributed by atoms with Gasteiger partial charge in [0.2, 0.25) is 0 Å². The molecule has 0 aliphatic heterocycles. The number of ether oxygens (including phenoxy) is 1. The second-order valence-electron chi connectivity index (χ2n) is 4.52. The molecule has 0 radical (unpaired) electrons. The maximum absolute atomic E-state index is 12.5. The first kappa shape index (κ1) is 14.2. The predicted octanol–water partition coefficient (Wildman–Crippen LogP) is 4.18. The van der Waals surface area contributed by atoms with Crippen LogP contribution in [0.2, 0.25) is 0 Å². The Morgan fingerprint density at radius 2 is 1.70 bits per heavy atom. The molecule has 106 valence electrons. The van der Waals surface area contributed by atoms with Crippen LogP contribution in [0.5, 0.6) is 5.75 Å². The number of benzene rings is 2. The summed E-state index contributed by atoms with van der Waals surface area (Å²) in [6.45, 7) is 2.23. The molecule has 0 bridgehead atoms. The minimum absolute atomic E-state index is 0.0214. The van der Waals surface area contributed by atoms with Crippen LogP contribution in [0.25, 0.3) is 0 Å². The van der Waals surface area contributed by atoms with E-state index in [0.717, 1.165) is 23.3 Å². The SMILES string of the molecule is Cc1ccc(COc2ccc(C(F)(F)F)cc2N)cc1. The molecule has 0 aromatic heterocycles. The number of anilines is 1. The number of nitrogen functional groups attached to an aromatic ring is 1. The van der Waals surface area contributed by atoms with Crippen LogP contribution >= 0.6 is 0 Å². The van der Waals surface area contributed by atoms with Crippen molar-refractivity contribution in [3.63, 3.8) is 0 Å². The Kier molecular flexibility index (Phi) is 3.88. The second-order valence-corrected chi connectivity index (χ2v) is 4.52. The van der Waals surface area contributed by atoms with Gasteiger partial charge in [-0.15, -0.1) is 0 Å². The number of aryl methyl sites for hydroxylation is 1. The summed E-state index contributed by atoms with van der Waals surface area (Å²) in [6.07, 6.45) is -4.40. The van der Waals surface area contributed by atoms with E-state index in [1.807, 2.05) is 31.2 Å². The second kappa shape index (κ2) is 5.45. The van der Waals surface area contributed by atoms with Crippen molar-refractivity contribution in [2.75, 3.05) is 5.73 Å². The van der Waals surface area contributed by atoms with Crippen molar-refractivity contribution in [2.45, 2.75) is 19.7 Å². The van der Waals surface area contributed by atoms with Gasteiger partial charge in [0, 0.05) is 0 Å². The normalized spacial score (nSPS) is 11.4. The zero-order chi connectivity index (χ0) is 14.8. The molecule has 0 saturated heterocycles. The number of nitrogens with two attached hydrogens (primary N) is 1. The molecule has 0 amide bonds. The van der Waals surface area contributed by atoms with Crippen LogP contribution in [0.1, 0.15) is 16.7 Å². The molecule has 0 aliphatic rings. The van der Waals surface area contributed by atoms with E-state index >= 15 is 0 Å². The maximum atomic E-state index is 12.5. The minimum atomic E-state index is -4.40. The first-order valence-corrected chi connectivity index (χ1v) is 6.01. The fourth-order valence-corrected chi connectivity index (χ4v) is 1.70. The van der Waals surface area contributed by atoms with E-state index in [1.165, 1.54) is 6.07 Å². The molecule has 5 heteroatoms. The van der Waals surface area contributed by atoms with Crippen molar-refractivity contribution >= 4 is 5.69 Å². The third-order valence-corrected chi connectivity index (χ3v) is 2.85. The van der Waals surface area contributed by atoms with Crippen LogP contribution in [-0.4, -0.2) is 0 Å². The predicted molar refractivity (Wildman–Crippen MR) is 71.4 cm³/mol. The number of halogens is 3. The van der Waals surface area contributed by atoms with Crippen LogP contribution in [0.3, 0.4) is 0 Å². The molecule has 0 aliphatic carbocycles. The molecular weight excluding hydrogens is 267 g/mol.